The lowest BCUT2D eigenvalue weighted by Crippen LogP contribution is -1.99. The molecule has 1 aromatic heterocycles. The molecule has 2 rings (SSSR count). The molecule has 96 valence electrons. The first-order valence-corrected chi connectivity index (χ1v) is 6.08. The van der Waals surface area contributed by atoms with E-state index >= 15 is 0 Å². The molecule has 0 saturated carbocycles. The van der Waals surface area contributed by atoms with Gasteiger partial charge in [-0.15, -0.1) is 0 Å². The molecule has 2 aromatic rings. The molecule has 4 heteroatoms. The molecule has 0 atom stereocenters. The first-order chi connectivity index (χ1) is 8.52. The number of aromatic nitrogens is 2. The third kappa shape index (κ3) is 2.29. The molecule has 0 spiro atoms. The van der Waals surface area contributed by atoms with Crippen LogP contribution in [0.1, 0.15) is 36.8 Å². The highest BCUT2D eigenvalue weighted by Crippen LogP contribution is 2.25. The van der Waals surface area contributed by atoms with Crippen molar-refractivity contribution in [2.24, 2.45) is 5.73 Å². The molecule has 1 aromatic carbocycles. The van der Waals surface area contributed by atoms with Gasteiger partial charge < -0.3 is 10.7 Å². The zero-order valence-corrected chi connectivity index (χ0v) is 10.9. The Hall–Kier alpha value is -1.68. The maximum Gasteiger partial charge on any atom is 0.126 e. The smallest absolute Gasteiger partial charge is 0.126 e. The fraction of sp³-hybridized carbons (Fsp3) is 0.357. The Bertz CT molecular complexity index is 558. The van der Waals surface area contributed by atoms with Gasteiger partial charge in [0.1, 0.15) is 11.6 Å². The summed E-state index contributed by atoms with van der Waals surface area (Å²) in [5, 5.41) is 0. The van der Waals surface area contributed by atoms with Crippen LogP contribution in [0.5, 0.6) is 0 Å². The second-order valence-corrected chi connectivity index (χ2v) is 4.77. The molecule has 0 aliphatic carbocycles. The van der Waals surface area contributed by atoms with Crippen molar-refractivity contribution in [3.63, 3.8) is 0 Å². The van der Waals surface area contributed by atoms with E-state index in [0.717, 1.165) is 22.8 Å². The molecule has 0 amide bonds. The molecule has 0 fully saturated rings. The Morgan fingerprint density at radius 2 is 2.11 bits per heavy atom. The second-order valence-electron chi connectivity index (χ2n) is 4.77. The summed E-state index contributed by atoms with van der Waals surface area (Å²) in [5.41, 5.74) is 8.96. The van der Waals surface area contributed by atoms with Crippen LogP contribution in [0, 0.1) is 12.7 Å². The molecule has 0 saturated heterocycles. The summed E-state index contributed by atoms with van der Waals surface area (Å²) >= 11 is 0. The third-order valence-electron chi connectivity index (χ3n) is 2.98. The molecule has 1 heterocycles. The van der Waals surface area contributed by atoms with Crippen LogP contribution in [0.3, 0.4) is 0 Å². The third-order valence-corrected chi connectivity index (χ3v) is 2.98. The van der Waals surface area contributed by atoms with Crippen molar-refractivity contribution in [2.45, 2.75) is 33.2 Å². The minimum absolute atomic E-state index is 0.201. The number of imidazole rings is 1. The topological polar surface area (TPSA) is 54.7 Å². The van der Waals surface area contributed by atoms with Crippen LogP contribution in [-0.4, -0.2) is 9.97 Å². The van der Waals surface area contributed by atoms with Crippen molar-refractivity contribution >= 4 is 0 Å². The zero-order valence-electron chi connectivity index (χ0n) is 10.9. The Labute approximate surface area is 106 Å². The number of hydrogen-bond donors (Lipinski definition) is 2. The van der Waals surface area contributed by atoms with E-state index in [1.54, 1.807) is 19.1 Å². The number of halogens is 1. The highest BCUT2D eigenvalue weighted by Gasteiger charge is 2.13. The average Bonchev–Trinajstić information content (AvgIpc) is 2.77. The fourth-order valence-electron chi connectivity index (χ4n) is 1.88. The van der Waals surface area contributed by atoms with Crippen molar-refractivity contribution in [2.75, 3.05) is 0 Å². The summed E-state index contributed by atoms with van der Waals surface area (Å²) < 4.78 is 13.3. The van der Waals surface area contributed by atoms with E-state index in [-0.39, 0.29) is 5.82 Å². The fourth-order valence-corrected chi connectivity index (χ4v) is 1.88. The number of nitrogens with zero attached hydrogens (tertiary/aromatic N) is 1. The molecule has 0 unspecified atom stereocenters. The number of H-pyrrole nitrogens is 1. The van der Waals surface area contributed by atoms with Gasteiger partial charge in [0, 0.05) is 18.0 Å². The minimum atomic E-state index is -0.201. The van der Waals surface area contributed by atoms with Gasteiger partial charge >= 0.3 is 0 Å². The predicted molar refractivity (Wildman–Crippen MR) is 70.7 cm³/mol. The number of rotatable bonds is 3. The number of aromatic amines is 1. The molecule has 18 heavy (non-hydrogen) atoms. The molecule has 0 aliphatic heterocycles. The Kier molecular flexibility index (Phi) is 3.48. The van der Waals surface area contributed by atoms with Crippen LogP contribution in [0.2, 0.25) is 0 Å². The molecular weight excluding hydrogens is 229 g/mol. The lowest BCUT2D eigenvalue weighted by atomic mass is 10.1. The van der Waals surface area contributed by atoms with Crippen molar-refractivity contribution in [3.05, 3.63) is 41.1 Å². The molecule has 0 bridgehead atoms. The minimum Gasteiger partial charge on any atom is -0.344 e. The quantitative estimate of drug-likeness (QED) is 0.875. The Morgan fingerprint density at radius 3 is 2.67 bits per heavy atom. The van der Waals surface area contributed by atoms with E-state index in [2.05, 4.69) is 23.8 Å². The maximum atomic E-state index is 13.3. The summed E-state index contributed by atoms with van der Waals surface area (Å²) in [4.78, 5) is 7.80. The summed E-state index contributed by atoms with van der Waals surface area (Å²) in [6.45, 7) is 6.28. The van der Waals surface area contributed by atoms with Gasteiger partial charge in [-0.3, -0.25) is 0 Å². The van der Waals surface area contributed by atoms with Crippen molar-refractivity contribution < 1.29 is 4.39 Å². The molecule has 0 radical (unpaired) electrons. The van der Waals surface area contributed by atoms with E-state index in [0.29, 0.717) is 18.0 Å². The van der Waals surface area contributed by atoms with E-state index < -0.39 is 0 Å². The van der Waals surface area contributed by atoms with Crippen molar-refractivity contribution in [1.82, 2.24) is 9.97 Å². The van der Waals surface area contributed by atoms with Gasteiger partial charge in [0.15, 0.2) is 0 Å². The van der Waals surface area contributed by atoms with Crippen LogP contribution in [0.25, 0.3) is 11.3 Å². The number of nitrogens with one attached hydrogen (secondary N) is 1. The highest BCUT2D eigenvalue weighted by atomic mass is 19.1. The van der Waals surface area contributed by atoms with Crippen LogP contribution < -0.4 is 5.73 Å². The van der Waals surface area contributed by atoms with Crippen LogP contribution in [0.4, 0.5) is 4.39 Å². The lowest BCUT2D eigenvalue weighted by Gasteiger charge is -2.02. The summed E-state index contributed by atoms with van der Waals surface area (Å²) in [6.07, 6.45) is 0. The summed E-state index contributed by atoms with van der Waals surface area (Å²) in [7, 11) is 0. The normalized spacial score (nSPS) is 11.2. The van der Waals surface area contributed by atoms with E-state index in [1.165, 1.54) is 6.07 Å². The van der Waals surface area contributed by atoms with Gasteiger partial charge in [0.2, 0.25) is 0 Å². The second kappa shape index (κ2) is 4.90. The van der Waals surface area contributed by atoms with Gasteiger partial charge in [0.05, 0.1) is 11.4 Å². The van der Waals surface area contributed by atoms with Crippen LogP contribution >= 0.6 is 0 Å². The van der Waals surface area contributed by atoms with E-state index in [4.69, 9.17) is 5.73 Å². The molecule has 0 aliphatic rings. The highest BCUT2D eigenvalue weighted by molar-refractivity contribution is 5.63. The molecule has 3 N–H and O–H groups in total. The predicted octanol–water partition coefficient (Wildman–Crippen LogP) is 3.11. The van der Waals surface area contributed by atoms with Gasteiger partial charge in [-0.05, 0) is 30.7 Å². The zero-order chi connectivity index (χ0) is 13.3. The van der Waals surface area contributed by atoms with Crippen LogP contribution in [-0.2, 0) is 6.54 Å². The van der Waals surface area contributed by atoms with Gasteiger partial charge in [-0.25, -0.2) is 9.37 Å². The Balaban J connectivity index is 2.51. The molecule has 3 nitrogen and oxygen atoms in total. The molecular formula is C14H18FN3. The number of aryl methyl sites for hydroxylation is 1. The van der Waals surface area contributed by atoms with Gasteiger partial charge in [0.25, 0.3) is 0 Å². The first kappa shape index (κ1) is 12.8. The maximum absolute atomic E-state index is 13.3. The summed E-state index contributed by atoms with van der Waals surface area (Å²) in [6, 6.07) is 5.01. The van der Waals surface area contributed by atoms with Gasteiger partial charge in [-0.2, -0.15) is 0 Å². The van der Waals surface area contributed by atoms with Crippen LogP contribution in [0.15, 0.2) is 18.2 Å². The number of hydrogen-bond acceptors (Lipinski definition) is 2. The van der Waals surface area contributed by atoms with E-state index in [9.17, 15) is 4.39 Å². The van der Waals surface area contributed by atoms with E-state index in [1.807, 2.05) is 0 Å². The Morgan fingerprint density at radius 1 is 1.39 bits per heavy atom. The monoisotopic (exact) mass is 247 g/mol. The number of nitrogens with two attached hydrogens (primary N) is 1. The van der Waals surface area contributed by atoms with Gasteiger partial charge in [-0.1, -0.05) is 13.8 Å². The summed E-state index contributed by atoms with van der Waals surface area (Å²) in [5.74, 6) is 1.02. The largest absolute Gasteiger partial charge is 0.344 e. The standard InChI is InChI=1S/C14H18FN3/c1-8(2)14-17-12(7-16)13(18-14)10-4-5-11(15)9(3)6-10/h4-6,8H,7,16H2,1-3H3,(H,17,18). The average molecular weight is 247 g/mol. The number of benzene rings is 1. The lowest BCUT2D eigenvalue weighted by molar-refractivity contribution is 0.618. The van der Waals surface area contributed by atoms with Crippen molar-refractivity contribution in [1.29, 1.82) is 0 Å². The SMILES string of the molecule is Cc1cc(-c2nc(C(C)C)[nH]c2CN)ccc1F. The van der Waals surface area contributed by atoms with Crippen molar-refractivity contribution in [3.8, 4) is 11.3 Å². The first-order valence-electron chi connectivity index (χ1n) is 6.08.